The van der Waals surface area contributed by atoms with Crippen LogP contribution in [0.5, 0.6) is 0 Å². The van der Waals surface area contributed by atoms with E-state index < -0.39 is 0 Å². The first-order valence-corrected chi connectivity index (χ1v) is 9.56. The predicted molar refractivity (Wildman–Crippen MR) is 103 cm³/mol. The fourth-order valence-electron chi connectivity index (χ4n) is 3.52. The van der Waals surface area contributed by atoms with E-state index in [4.69, 9.17) is 4.74 Å². The molecule has 0 saturated carbocycles. The van der Waals surface area contributed by atoms with E-state index in [1.54, 1.807) is 4.90 Å². The number of halogens is 1. The van der Waals surface area contributed by atoms with Crippen LogP contribution in [0.15, 0.2) is 59.1 Å². The number of rotatable bonds is 7. The molecule has 136 valence electrons. The molecule has 0 radical (unpaired) electrons. The minimum Gasteiger partial charge on any atom is -0.468 e. The van der Waals surface area contributed by atoms with Crippen molar-refractivity contribution in [3.8, 4) is 0 Å². The zero-order valence-electron chi connectivity index (χ0n) is 14.7. The molecule has 0 unspecified atom stereocenters. The van der Waals surface area contributed by atoms with Crippen molar-refractivity contribution in [3.05, 3.63) is 70.2 Å². The van der Waals surface area contributed by atoms with E-state index in [9.17, 15) is 9.59 Å². The largest absolute Gasteiger partial charge is 0.468 e. The van der Waals surface area contributed by atoms with Crippen LogP contribution < -0.4 is 0 Å². The van der Waals surface area contributed by atoms with Crippen LogP contribution in [0.4, 0.5) is 0 Å². The summed E-state index contributed by atoms with van der Waals surface area (Å²) in [6.07, 6.45) is 2.71. The Hall–Kier alpha value is -2.14. The zero-order valence-corrected chi connectivity index (χ0v) is 16.3. The summed E-state index contributed by atoms with van der Waals surface area (Å²) in [6, 6.07) is 18.2. The molecule has 0 N–H and O–H groups in total. The average Bonchev–Trinajstić information content (AvgIpc) is 2.67. The number of carbonyl (C=O) groups excluding carboxylic acids is 2. The van der Waals surface area contributed by atoms with E-state index >= 15 is 0 Å². The van der Waals surface area contributed by atoms with Gasteiger partial charge in [-0.15, -0.1) is 0 Å². The number of nitrogens with zero attached hydrogens (tertiary/aromatic N) is 1. The molecule has 26 heavy (non-hydrogen) atoms. The highest BCUT2D eigenvalue weighted by molar-refractivity contribution is 9.10. The molecule has 0 aliphatic carbocycles. The molecule has 1 fully saturated rings. The Kier molecular flexibility index (Phi) is 6.09. The van der Waals surface area contributed by atoms with Crippen molar-refractivity contribution in [1.82, 2.24) is 4.90 Å². The molecule has 0 spiro atoms. The van der Waals surface area contributed by atoms with Crippen molar-refractivity contribution in [1.29, 1.82) is 0 Å². The Morgan fingerprint density at radius 3 is 2.46 bits per heavy atom. The third-order valence-corrected chi connectivity index (χ3v) is 5.41. The quantitative estimate of drug-likeness (QED) is 0.504. The van der Waals surface area contributed by atoms with E-state index in [1.165, 1.54) is 12.7 Å². The average molecular weight is 416 g/mol. The SMILES string of the molecule is COC(=O)CN1C(=O)[C@@H](CCCc2ccccc2)[C@@H]1c1ccc(Br)cc1. The van der Waals surface area contributed by atoms with E-state index in [0.717, 1.165) is 29.3 Å². The number of β-lactam (4-membered cyclic amide) rings is 1. The monoisotopic (exact) mass is 415 g/mol. The van der Waals surface area contributed by atoms with Crippen molar-refractivity contribution in [2.24, 2.45) is 5.92 Å². The topological polar surface area (TPSA) is 46.6 Å². The van der Waals surface area contributed by atoms with Gasteiger partial charge in [-0.05, 0) is 42.5 Å². The van der Waals surface area contributed by atoms with Crippen molar-refractivity contribution in [3.63, 3.8) is 0 Å². The lowest BCUT2D eigenvalue weighted by Gasteiger charge is -2.47. The molecule has 0 bridgehead atoms. The minimum absolute atomic E-state index is 0.00521. The summed E-state index contributed by atoms with van der Waals surface area (Å²) in [5, 5.41) is 0. The fourth-order valence-corrected chi connectivity index (χ4v) is 3.79. The maximum Gasteiger partial charge on any atom is 0.325 e. The van der Waals surface area contributed by atoms with Gasteiger partial charge in [-0.2, -0.15) is 0 Å². The van der Waals surface area contributed by atoms with Gasteiger partial charge in [0.1, 0.15) is 6.54 Å². The molecule has 4 nitrogen and oxygen atoms in total. The first-order chi connectivity index (χ1) is 12.6. The van der Waals surface area contributed by atoms with Crippen molar-refractivity contribution >= 4 is 27.8 Å². The van der Waals surface area contributed by atoms with E-state index in [2.05, 4.69) is 28.1 Å². The second kappa shape index (κ2) is 8.49. The third kappa shape index (κ3) is 4.15. The van der Waals surface area contributed by atoms with Crippen LogP contribution in [0.3, 0.4) is 0 Å². The number of ether oxygens (including phenoxy) is 1. The van der Waals surface area contributed by atoms with Gasteiger partial charge in [0.05, 0.1) is 19.1 Å². The Balaban J connectivity index is 1.69. The van der Waals surface area contributed by atoms with Crippen LogP contribution in [0.25, 0.3) is 0 Å². The summed E-state index contributed by atoms with van der Waals surface area (Å²) < 4.78 is 5.73. The first-order valence-electron chi connectivity index (χ1n) is 8.77. The van der Waals surface area contributed by atoms with Gasteiger partial charge < -0.3 is 9.64 Å². The Bertz CT molecular complexity index is 761. The number of amides is 1. The predicted octanol–water partition coefficient (Wildman–Crippen LogP) is 4.14. The lowest BCUT2D eigenvalue weighted by molar-refractivity contribution is -0.165. The number of likely N-dealkylation sites (tertiary alicyclic amines) is 1. The normalized spacial score (nSPS) is 19.2. The van der Waals surface area contributed by atoms with Crippen LogP contribution in [0.2, 0.25) is 0 Å². The van der Waals surface area contributed by atoms with Crippen molar-refractivity contribution in [2.75, 3.05) is 13.7 Å². The van der Waals surface area contributed by atoms with Crippen molar-refractivity contribution < 1.29 is 14.3 Å². The summed E-state index contributed by atoms with van der Waals surface area (Å²) in [5.41, 5.74) is 2.34. The number of aryl methyl sites for hydroxylation is 1. The molecule has 2 aromatic rings. The van der Waals surface area contributed by atoms with Gasteiger partial charge in [0.25, 0.3) is 0 Å². The number of hydrogen-bond donors (Lipinski definition) is 0. The number of hydrogen-bond acceptors (Lipinski definition) is 3. The maximum absolute atomic E-state index is 12.6. The van der Waals surface area contributed by atoms with Gasteiger partial charge in [-0.3, -0.25) is 9.59 Å². The second-order valence-electron chi connectivity index (χ2n) is 6.52. The minimum atomic E-state index is -0.386. The molecule has 0 aromatic heterocycles. The lowest BCUT2D eigenvalue weighted by Crippen LogP contribution is -2.56. The van der Waals surface area contributed by atoms with Crippen LogP contribution in [0.1, 0.15) is 30.0 Å². The van der Waals surface area contributed by atoms with Crippen LogP contribution in [-0.4, -0.2) is 30.4 Å². The number of esters is 1. The molecule has 1 amide bonds. The summed E-state index contributed by atoms with van der Waals surface area (Å²) in [7, 11) is 1.35. The highest BCUT2D eigenvalue weighted by Crippen LogP contribution is 2.42. The van der Waals surface area contributed by atoms with Gasteiger partial charge in [0.2, 0.25) is 5.91 Å². The lowest BCUT2D eigenvalue weighted by atomic mass is 9.79. The molecule has 1 aliphatic heterocycles. The molecule has 1 heterocycles. The third-order valence-electron chi connectivity index (χ3n) is 4.88. The Morgan fingerprint density at radius 1 is 1.12 bits per heavy atom. The summed E-state index contributed by atoms with van der Waals surface area (Å²) in [5.74, 6) is -0.427. The molecule has 5 heteroatoms. The Morgan fingerprint density at radius 2 is 1.81 bits per heavy atom. The van der Waals surface area contributed by atoms with Gasteiger partial charge in [0, 0.05) is 4.47 Å². The molecule has 1 saturated heterocycles. The first kappa shape index (κ1) is 18.6. The Labute approximate surface area is 162 Å². The smallest absolute Gasteiger partial charge is 0.325 e. The molecule has 2 atom stereocenters. The fraction of sp³-hybridized carbons (Fsp3) is 0.333. The molecule has 3 rings (SSSR count). The summed E-state index contributed by atoms with van der Waals surface area (Å²) >= 11 is 3.44. The highest BCUT2D eigenvalue weighted by atomic mass is 79.9. The highest BCUT2D eigenvalue weighted by Gasteiger charge is 2.48. The molecule has 1 aliphatic rings. The maximum atomic E-state index is 12.6. The molecule has 2 aromatic carbocycles. The van der Waals surface area contributed by atoms with E-state index in [-0.39, 0.29) is 30.4 Å². The zero-order chi connectivity index (χ0) is 18.5. The number of methoxy groups -OCH3 is 1. The number of benzene rings is 2. The number of carbonyl (C=O) groups is 2. The van der Waals surface area contributed by atoms with Gasteiger partial charge in [-0.25, -0.2) is 0 Å². The van der Waals surface area contributed by atoms with Crippen LogP contribution in [0, 0.1) is 5.92 Å². The van der Waals surface area contributed by atoms with Gasteiger partial charge >= 0.3 is 5.97 Å². The standard InChI is InChI=1S/C21H22BrNO3/c1-26-19(24)14-23-20(16-10-12-17(22)13-11-16)18(21(23)25)9-5-8-15-6-3-2-4-7-15/h2-4,6-7,10-13,18,20H,5,8-9,14H2,1H3/t18-,20-/m0/s1. The summed E-state index contributed by atoms with van der Waals surface area (Å²) in [4.78, 5) is 25.9. The van der Waals surface area contributed by atoms with E-state index in [1.807, 2.05) is 42.5 Å². The summed E-state index contributed by atoms with van der Waals surface area (Å²) in [6.45, 7) is 0.00521. The second-order valence-corrected chi connectivity index (χ2v) is 7.44. The van der Waals surface area contributed by atoms with Crippen molar-refractivity contribution in [2.45, 2.75) is 25.3 Å². The molecular formula is C21H22BrNO3. The van der Waals surface area contributed by atoms with E-state index in [0.29, 0.717) is 0 Å². The van der Waals surface area contributed by atoms with Gasteiger partial charge in [-0.1, -0.05) is 58.4 Å². The van der Waals surface area contributed by atoms with Crippen LogP contribution in [-0.2, 0) is 20.7 Å². The molecular weight excluding hydrogens is 394 g/mol. The van der Waals surface area contributed by atoms with Crippen LogP contribution >= 0.6 is 15.9 Å². The van der Waals surface area contributed by atoms with Gasteiger partial charge in [0.15, 0.2) is 0 Å².